The number of esters is 1. The van der Waals surface area contributed by atoms with E-state index in [0.29, 0.717) is 6.61 Å². The summed E-state index contributed by atoms with van der Waals surface area (Å²) in [5.41, 5.74) is 4.57. The van der Waals surface area contributed by atoms with Crippen LogP contribution in [0.4, 0.5) is 0 Å². The van der Waals surface area contributed by atoms with E-state index in [1.54, 1.807) is 19.4 Å². The molecule has 3 rings (SSSR count). The molecule has 0 aromatic carbocycles. The molecule has 4 nitrogen and oxygen atoms in total. The van der Waals surface area contributed by atoms with Crippen molar-refractivity contribution in [2.45, 2.75) is 34.1 Å². The van der Waals surface area contributed by atoms with E-state index in [0.717, 1.165) is 40.2 Å². The van der Waals surface area contributed by atoms with Crippen molar-refractivity contribution in [3.05, 3.63) is 71.0 Å². The fourth-order valence-corrected chi connectivity index (χ4v) is 3.41. The van der Waals surface area contributed by atoms with Crippen LogP contribution in [0.2, 0.25) is 0 Å². The van der Waals surface area contributed by atoms with Crippen molar-refractivity contribution in [3.8, 4) is 0 Å². The first-order valence-corrected chi connectivity index (χ1v) is 8.51. The summed E-state index contributed by atoms with van der Waals surface area (Å²) in [4.78, 5) is 16.6. The van der Waals surface area contributed by atoms with Gasteiger partial charge in [0.15, 0.2) is 0 Å². The normalized spacial score (nSPS) is 19.0. The lowest BCUT2D eigenvalue weighted by Crippen LogP contribution is -2.14. The monoisotopic (exact) mass is 337 g/mol. The van der Waals surface area contributed by atoms with Crippen molar-refractivity contribution < 1.29 is 14.3 Å². The Hall–Kier alpha value is -2.62. The van der Waals surface area contributed by atoms with Gasteiger partial charge in [-0.05, 0) is 55.0 Å². The molecule has 1 aliphatic heterocycles. The molecule has 1 aromatic heterocycles. The number of ether oxygens (including phenoxy) is 2. The minimum atomic E-state index is -0.369. The molecule has 0 unspecified atom stereocenters. The van der Waals surface area contributed by atoms with Crippen LogP contribution in [-0.2, 0) is 14.3 Å². The Morgan fingerprint density at radius 2 is 2.20 bits per heavy atom. The first kappa shape index (κ1) is 17.2. The topological polar surface area (TPSA) is 48.4 Å². The van der Waals surface area contributed by atoms with Gasteiger partial charge in [0.2, 0.25) is 0 Å². The van der Waals surface area contributed by atoms with Crippen molar-refractivity contribution >= 4 is 11.5 Å². The zero-order valence-corrected chi connectivity index (χ0v) is 15.1. The number of carbonyl (C=O) groups excluding carboxylic acids is 1. The number of pyridine rings is 1. The standard InChI is InChI=1S/C21H23NO3/c1-5-24-18(23)11-16(17-8-6-7-9-22-17)19-20-15(12-21(19,3)4)10-14(2)13-25-20/h6-11,13H,5,12H2,1-4H3. The van der Waals surface area contributed by atoms with Gasteiger partial charge in [0.25, 0.3) is 0 Å². The second-order valence-electron chi connectivity index (χ2n) is 6.94. The van der Waals surface area contributed by atoms with Crippen molar-refractivity contribution in [2.75, 3.05) is 6.61 Å². The van der Waals surface area contributed by atoms with Crippen LogP contribution in [0.15, 0.2) is 65.3 Å². The number of aromatic nitrogens is 1. The molecule has 0 saturated carbocycles. The lowest BCUT2D eigenvalue weighted by Gasteiger charge is -2.24. The van der Waals surface area contributed by atoms with Crippen LogP contribution in [0, 0.1) is 5.41 Å². The molecule has 0 radical (unpaired) electrons. The number of allylic oxidation sites excluding steroid dienone is 5. The molecule has 4 heteroatoms. The largest absolute Gasteiger partial charge is 0.464 e. The van der Waals surface area contributed by atoms with Crippen molar-refractivity contribution in [3.63, 3.8) is 0 Å². The van der Waals surface area contributed by atoms with Gasteiger partial charge in [0.05, 0.1) is 18.6 Å². The molecule has 0 amide bonds. The van der Waals surface area contributed by atoms with Crippen LogP contribution in [0.3, 0.4) is 0 Å². The predicted octanol–water partition coefficient (Wildman–Crippen LogP) is 4.57. The molecule has 1 aromatic rings. The summed E-state index contributed by atoms with van der Waals surface area (Å²) in [5, 5.41) is 0. The van der Waals surface area contributed by atoms with Crippen LogP contribution in [0.5, 0.6) is 0 Å². The number of nitrogens with zero attached hydrogens (tertiary/aromatic N) is 1. The zero-order chi connectivity index (χ0) is 18.0. The average molecular weight is 337 g/mol. The third-order valence-electron chi connectivity index (χ3n) is 4.35. The molecule has 2 aliphatic rings. The molecule has 0 N–H and O–H groups in total. The van der Waals surface area contributed by atoms with Gasteiger partial charge >= 0.3 is 5.97 Å². The average Bonchev–Trinajstić information content (AvgIpc) is 2.82. The van der Waals surface area contributed by atoms with E-state index < -0.39 is 0 Å². The lowest BCUT2D eigenvalue weighted by molar-refractivity contribution is -0.137. The van der Waals surface area contributed by atoms with Crippen LogP contribution in [0.25, 0.3) is 5.57 Å². The third-order valence-corrected chi connectivity index (χ3v) is 4.35. The van der Waals surface area contributed by atoms with Gasteiger partial charge in [-0.2, -0.15) is 0 Å². The Bertz CT molecular complexity index is 811. The molecular weight excluding hydrogens is 314 g/mol. The Morgan fingerprint density at radius 1 is 1.40 bits per heavy atom. The van der Waals surface area contributed by atoms with Crippen LogP contribution in [-0.4, -0.2) is 17.6 Å². The molecule has 1 aliphatic carbocycles. The first-order valence-electron chi connectivity index (χ1n) is 8.51. The van der Waals surface area contributed by atoms with E-state index in [9.17, 15) is 4.79 Å². The number of hydrogen-bond acceptors (Lipinski definition) is 4. The molecule has 0 bridgehead atoms. The van der Waals surface area contributed by atoms with E-state index in [1.807, 2.05) is 25.1 Å². The maximum atomic E-state index is 12.2. The SMILES string of the molecule is CCOC(=O)C=C(C1=C2OC=C(C)C=C2CC1(C)C)c1ccccn1. The highest BCUT2D eigenvalue weighted by Crippen LogP contribution is 2.52. The fourth-order valence-electron chi connectivity index (χ4n) is 3.41. The summed E-state index contributed by atoms with van der Waals surface area (Å²) >= 11 is 0. The number of hydrogen-bond donors (Lipinski definition) is 0. The van der Waals surface area contributed by atoms with Gasteiger partial charge in [0, 0.05) is 23.4 Å². The van der Waals surface area contributed by atoms with E-state index in [1.165, 1.54) is 6.08 Å². The fraction of sp³-hybridized carbons (Fsp3) is 0.333. The summed E-state index contributed by atoms with van der Waals surface area (Å²) in [5.74, 6) is 0.462. The number of fused-ring (bicyclic) bond motifs is 1. The highest BCUT2D eigenvalue weighted by Gasteiger charge is 2.40. The molecule has 0 spiro atoms. The van der Waals surface area contributed by atoms with Gasteiger partial charge in [-0.15, -0.1) is 0 Å². The lowest BCUT2D eigenvalue weighted by atomic mass is 9.80. The smallest absolute Gasteiger partial charge is 0.331 e. The molecular formula is C21H23NO3. The van der Waals surface area contributed by atoms with Crippen molar-refractivity contribution in [2.24, 2.45) is 5.41 Å². The Morgan fingerprint density at radius 3 is 2.88 bits per heavy atom. The number of carbonyl (C=O) groups is 1. The minimum Gasteiger partial charge on any atom is -0.464 e. The Labute approximate surface area is 148 Å². The maximum Gasteiger partial charge on any atom is 0.331 e. The summed E-state index contributed by atoms with van der Waals surface area (Å²) in [7, 11) is 0. The summed E-state index contributed by atoms with van der Waals surface area (Å²) in [6.07, 6.45) is 8.02. The van der Waals surface area contributed by atoms with Gasteiger partial charge in [0.1, 0.15) is 5.76 Å². The van der Waals surface area contributed by atoms with Crippen LogP contribution >= 0.6 is 0 Å². The van der Waals surface area contributed by atoms with Gasteiger partial charge < -0.3 is 9.47 Å². The molecule has 25 heavy (non-hydrogen) atoms. The summed E-state index contributed by atoms with van der Waals surface area (Å²) < 4.78 is 11.1. The third kappa shape index (κ3) is 3.43. The number of rotatable bonds is 4. The van der Waals surface area contributed by atoms with Crippen LogP contribution in [0.1, 0.15) is 39.8 Å². The second-order valence-corrected chi connectivity index (χ2v) is 6.94. The van der Waals surface area contributed by atoms with Gasteiger partial charge in [-0.25, -0.2) is 4.79 Å². The van der Waals surface area contributed by atoms with Crippen molar-refractivity contribution in [1.29, 1.82) is 0 Å². The van der Waals surface area contributed by atoms with E-state index in [2.05, 4.69) is 24.9 Å². The first-order chi connectivity index (χ1) is 11.9. The highest BCUT2D eigenvalue weighted by atomic mass is 16.5. The molecule has 130 valence electrons. The van der Waals surface area contributed by atoms with Crippen molar-refractivity contribution in [1.82, 2.24) is 4.98 Å². The summed E-state index contributed by atoms with van der Waals surface area (Å²) in [6, 6.07) is 5.68. The van der Waals surface area contributed by atoms with E-state index >= 15 is 0 Å². The molecule has 0 fully saturated rings. The highest BCUT2D eigenvalue weighted by molar-refractivity contribution is 5.96. The quantitative estimate of drug-likeness (QED) is 0.596. The second kappa shape index (κ2) is 6.71. The van der Waals surface area contributed by atoms with E-state index in [-0.39, 0.29) is 11.4 Å². The zero-order valence-electron chi connectivity index (χ0n) is 15.1. The Balaban J connectivity index is 2.17. The maximum absolute atomic E-state index is 12.2. The molecule has 2 heterocycles. The van der Waals surface area contributed by atoms with E-state index in [4.69, 9.17) is 9.47 Å². The molecule has 0 atom stereocenters. The Kier molecular flexibility index (Phi) is 4.62. The predicted molar refractivity (Wildman–Crippen MR) is 97.2 cm³/mol. The van der Waals surface area contributed by atoms with Crippen LogP contribution < -0.4 is 0 Å². The van der Waals surface area contributed by atoms with Gasteiger partial charge in [-0.1, -0.05) is 19.9 Å². The molecule has 0 saturated heterocycles. The minimum absolute atomic E-state index is 0.171. The summed E-state index contributed by atoms with van der Waals surface area (Å²) in [6.45, 7) is 8.48. The van der Waals surface area contributed by atoms with Gasteiger partial charge in [-0.3, -0.25) is 4.98 Å².